The standard InChI is InChI=1S/C13H19ClFNO2/c1-17-7-8-18-6-2-5-16-10-11-3-4-12(15)9-13(11)14/h3-4,9,16H,2,5-8,10H2,1H3. The maximum absolute atomic E-state index is 12.8. The summed E-state index contributed by atoms with van der Waals surface area (Å²) in [5.41, 5.74) is 0.901. The third kappa shape index (κ3) is 6.31. The zero-order valence-corrected chi connectivity index (χ0v) is 11.3. The first-order valence-corrected chi connectivity index (χ1v) is 6.33. The number of halogens is 2. The van der Waals surface area contributed by atoms with Crippen LogP contribution in [0.4, 0.5) is 4.39 Å². The summed E-state index contributed by atoms with van der Waals surface area (Å²) in [4.78, 5) is 0. The van der Waals surface area contributed by atoms with Crippen LogP contribution >= 0.6 is 11.6 Å². The molecule has 3 nitrogen and oxygen atoms in total. The highest BCUT2D eigenvalue weighted by Crippen LogP contribution is 2.16. The van der Waals surface area contributed by atoms with E-state index >= 15 is 0 Å². The number of methoxy groups -OCH3 is 1. The second-order valence-electron chi connectivity index (χ2n) is 3.87. The summed E-state index contributed by atoms with van der Waals surface area (Å²) in [7, 11) is 1.65. The lowest BCUT2D eigenvalue weighted by Crippen LogP contribution is -2.17. The number of hydrogen-bond donors (Lipinski definition) is 1. The van der Waals surface area contributed by atoms with Gasteiger partial charge in [0.2, 0.25) is 0 Å². The lowest BCUT2D eigenvalue weighted by Gasteiger charge is -2.07. The van der Waals surface area contributed by atoms with E-state index < -0.39 is 0 Å². The van der Waals surface area contributed by atoms with Crippen LogP contribution in [0.2, 0.25) is 5.02 Å². The first-order valence-electron chi connectivity index (χ1n) is 5.95. The second-order valence-corrected chi connectivity index (χ2v) is 4.28. The van der Waals surface area contributed by atoms with Crippen molar-refractivity contribution in [2.45, 2.75) is 13.0 Å². The minimum atomic E-state index is -0.310. The summed E-state index contributed by atoms with van der Waals surface area (Å²) in [5.74, 6) is -0.310. The van der Waals surface area contributed by atoms with Crippen molar-refractivity contribution in [2.24, 2.45) is 0 Å². The number of rotatable bonds is 9. The fraction of sp³-hybridized carbons (Fsp3) is 0.538. The summed E-state index contributed by atoms with van der Waals surface area (Å²) >= 11 is 5.91. The fourth-order valence-corrected chi connectivity index (χ4v) is 1.67. The molecule has 0 unspecified atom stereocenters. The molecule has 1 rings (SSSR count). The normalized spacial score (nSPS) is 10.8. The maximum Gasteiger partial charge on any atom is 0.124 e. The van der Waals surface area contributed by atoms with E-state index in [1.807, 2.05) is 0 Å². The van der Waals surface area contributed by atoms with Crippen LogP contribution in [0.5, 0.6) is 0 Å². The molecule has 0 bridgehead atoms. The molecule has 18 heavy (non-hydrogen) atoms. The van der Waals surface area contributed by atoms with Crippen LogP contribution in [-0.4, -0.2) is 33.5 Å². The molecule has 0 heterocycles. The van der Waals surface area contributed by atoms with Crippen molar-refractivity contribution in [3.05, 3.63) is 34.6 Å². The van der Waals surface area contributed by atoms with Gasteiger partial charge in [0.1, 0.15) is 5.82 Å². The number of nitrogens with one attached hydrogen (secondary N) is 1. The summed E-state index contributed by atoms with van der Waals surface area (Å²) in [6.07, 6.45) is 0.919. The van der Waals surface area contributed by atoms with Crippen molar-refractivity contribution >= 4 is 11.6 Å². The van der Waals surface area contributed by atoms with E-state index in [2.05, 4.69) is 5.32 Å². The van der Waals surface area contributed by atoms with Crippen LogP contribution in [0.3, 0.4) is 0 Å². The molecule has 0 saturated carbocycles. The molecule has 0 saturated heterocycles. The zero-order valence-electron chi connectivity index (χ0n) is 10.5. The predicted molar refractivity (Wildman–Crippen MR) is 70.4 cm³/mol. The summed E-state index contributed by atoms with van der Waals surface area (Å²) in [5, 5.41) is 3.69. The minimum Gasteiger partial charge on any atom is -0.382 e. The Kier molecular flexibility index (Phi) is 7.93. The van der Waals surface area contributed by atoms with Crippen molar-refractivity contribution in [2.75, 3.05) is 33.5 Å². The van der Waals surface area contributed by atoms with Gasteiger partial charge in [-0.05, 0) is 30.7 Å². The van der Waals surface area contributed by atoms with Gasteiger partial charge in [0.05, 0.1) is 13.2 Å². The molecule has 0 amide bonds. The Balaban J connectivity index is 2.07. The smallest absolute Gasteiger partial charge is 0.124 e. The Hall–Kier alpha value is -0.680. The Morgan fingerprint density at radius 1 is 1.28 bits per heavy atom. The largest absolute Gasteiger partial charge is 0.382 e. The third-order valence-corrected chi connectivity index (χ3v) is 2.76. The molecule has 1 N–H and O–H groups in total. The number of hydrogen-bond acceptors (Lipinski definition) is 3. The average molecular weight is 276 g/mol. The monoisotopic (exact) mass is 275 g/mol. The topological polar surface area (TPSA) is 30.5 Å². The van der Waals surface area contributed by atoms with Gasteiger partial charge in [0.15, 0.2) is 0 Å². The molecule has 1 aromatic rings. The van der Waals surface area contributed by atoms with Crippen molar-refractivity contribution in [3.8, 4) is 0 Å². The average Bonchev–Trinajstić information content (AvgIpc) is 2.35. The first kappa shape index (κ1) is 15.4. The Bertz CT molecular complexity index is 350. The van der Waals surface area contributed by atoms with Gasteiger partial charge in [0, 0.05) is 25.3 Å². The molecule has 0 atom stereocenters. The van der Waals surface area contributed by atoms with Gasteiger partial charge in [-0.15, -0.1) is 0 Å². The highest BCUT2D eigenvalue weighted by Gasteiger charge is 2.01. The van der Waals surface area contributed by atoms with Gasteiger partial charge in [0.25, 0.3) is 0 Å². The lowest BCUT2D eigenvalue weighted by molar-refractivity contribution is 0.0695. The highest BCUT2D eigenvalue weighted by molar-refractivity contribution is 6.31. The minimum absolute atomic E-state index is 0.310. The molecule has 0 aliphatic carbocycles. The number of benzene rings is 1. The lowest BCUT2D eigenvalue weighted by atomic mass is 10.2. The quantitative estimate of drug-likeness (QED) is 0.703. The molecule has 0 aromatic heterocycles. The third-order valence-electron chi connectivity index (χ3n) is 2.40. The van der Waals surface area contributed by atoms with Crippen LogP contribution in [0, 0.1) is 5.82 Å². The van der Waals surface area contributed by atoms with E-state index in [0.29, 0.717) is 31.4 Å². The van der Waals surface area contributed by atoms with Crippen LogP contribution in [0.1, 0.15) is 12.0 Å². The Labute approximate surface area is 112 Å². The Morgan fingerprint density at radius 2 is 2.11 bits per heavy atom. The van der Waals surface area contributed by atoms with Gasteiger partial charge >= 0.3 is 0 Å². The second kappa shape index (κ2) is 9.28. The molecule has 102 valence electrons. The van der Waals surface area contributed by atoms with E-state index in [1.165, 1.54) is 12.1 Å². The highest BCUT2D eigenvalue weighted by atomic mass is 35.5. The van der Waals surface area contributed by atoms with E-state index in [1.54, 1.807) is 13.2 Å². The number of ether oxygens (including phenoxy) is 2. The van der Waals surface area contributed by atoms with Crippen molar-refractivity contribution < 1.29 is 13.9 Å². The molecule has 0 fully saturated rings. The molecule has 5 heteroatoms. The van der Waals surface area contributed by atoms with Crippen molar-refractivity contribution in [1.82, 2.24) is 5.32 Å². The maximum atomic E-state index is 12.8. The summed E-state index contributed by atoms with van der Waals surface area (Å²) in [6.45, 7) is 3.42. The van der Waals surface area contributed by atoms with Crippen LogP contribution in [0.25, 0.3) is 0 Å². The molecule has 1 aromatic carbocycles. The molecular weight excluding hydrogens is 257 g/mol. The first-order chi connectivity index (χ1) is 8.74. The van der Waals surface area contributed by atoms with Gasteiger partial charge in [-0.25, -0.2) is 4.39 Å². The van der Waals surface area contributed by atoms with Crippen LogP contribution in [-0.2, 0) is 16.0 Å². The van der Waals surface area contributed by atoms with E-state index in [4.69, 9.17) is 21.1 Å². The van der Waals surface area contributed by atoms with Crippen molar-refractivity contribution in [1.29, 1.82) is 0 Å². The summed E-state index contributed by atoms with van der Waals surface area (Å²) in [6, 6.07) is 4.43. The van der Waals surface area contributed by atoms with E-state index in [0.717, 1.165) is 18.5 Å². The fourth-order valence-electron chi connectivity index (χ4n) is 1.43. The van der Waals surface area contributed by atoms with Gasteiger partial charge < -0.3 is 14.8 Å². The molecule has 0 aliphatic heterocycles. The van der Waals surface area contributed by atoms with Crippen LogP contribution in [0.15, 0.2) is 18.2 Å². The molecule has 0 spiro atoms. The van der Waals surface area contributed by atoms with Gasteiger partial charge in [-0.1, -0.05) is 17.7 Å². The zero-order chi connectivity index (χ0) is 13.2. The van der Waals surface area contributed by atoms with Gasteiger partial charge in [-0.2, -0.15) is 0 Å². The summed E-state index contributed by atoms with van der Waals surface area (Å²) < 4.78 is 23.0. The molecule has 0 aliphatic rings. The van der Waals surface area contributed by atoms with Crippen molar-refractivity contribution in [3.63, 3.8) is 0 Å². The van der Waals surface area contributed by atoms with Gasteiger partial charge in [-0.3, -0.25) is 0 Å². The van der Waals surface area contributed by atoms with E-state index in [-0.39, 0.29) is 5.82 Å². The molecule has 0 radical (unpaired) electrons. The SMILES string of the molecule is COCCOCCCNCc1ccc(F)cc1Cl. The predicted octanol–water partition coefficient (Wildman–Crippen LogP) is 2.62. The Morgan fingerprint density at radius 3 is 2.83 bits per heavy atom. The van der Waals surface area contributed by atoms with E-state index in [9.17, 15) is 4.39 Å². The van der Waals surface area contributed by atoms with Crippen LogP contribution < -0.4 is 5.32 Å². The molecular formula is C13H19ClFNO2.